The summed E-state index contributed by atoms with van der Waals surface area (Å²) in [5.41, 5.74) is 4.04. The van der Waals surface area contributed by atoms with Gasteiger partial charge in [0.25, 0.3) is 5.22 Å². The molecule has 3 aromatic rings. The lowest BCUT2D eigenvalue weighted by molar-refractivity contribution is -0.115. The molecule has 0 radical (unpaired) electrons. The predicted molar refractivity (Wildman–Crippen MR) is 114 cm³/mol. The molecule has 1 aromatic heterocycles. The molecule has 0 fully saturated rings. The largest absolute Gasteiger partial charge is 0.411 e. The van der Waals surface area contributed by atoms with E-state index in [0.29, 0.717) is 17.0 Å². The van der Waals surface area contributed by atoms with E-state index in [1.807, 2.05) is 56.3 Å². The summed E-state index contributed by atoms with van der Waals surface area (Å²) in [6.45, 7) is 8.16. The lowest BCUT2D eigenvalue weighted by Crippen LogP contribution is -2.23. The zero-order valence-corrected chi connectivity index (χ0v) is 17.4. The molecule has 0 saturated carbocycles. The molecular weight excluding hydrogens is 370 g/mol. The first kappa shape index (κ1) is 20.1. The molecule has 2 atom stereocenters. The Labute approximate surface area is 170 Å². The second kappa shape index (κ2) is 9.06. The smallest absolute Gasteiger partial charge is 0.277 e. The van der Waals surface area contributed by atoms with Crippen LogP contribution in [-0.4, -0.2) is 21.4 Å². The predicted octanol–water partition coefficient (Wildman–Crippen LogP) is 5.68. The Morgan fingerprint density at radius 2 is 1.82 bits per heavy atom. The normalized spacial score (nSPS) is 13.1. The molecule has 0 bridgehead atoms. The first-order valence-electron chi connectivity index (χ1n) is 9.45. The van der Waals surface area contributed by atoms with Crippen molar-refractivity contribution in [3.05, 3.63) is 59.7 Å². The maximum absolute atomic E-state index is 12.7. The molecule has 3 rings (SSSR count). The van der Waals surface area contributed by atoms with Crippen LogP contribution in [0.5, 0.6) is 0 Å². The van der Waals surface area contributed by atoms with Crippen molar-refractivity contribution in [1.82, 2.24) is 10.2 Å². The van der Waals surface area contributed by atoms with E-state index in [0.717, 1.165) is 23.2 Å². The van der Waals surface area contributed by atoms with Gasteiger partial charge in [0.15, 0.2) is 0 Å². The Balaban J connectivity index is 1.66. The summed E-state index contributed by atoms with van der Waals surface area (Å²) in [6.07, 6.45) is 1.01. The number of anilines is 1. The molecule has 146 valence electrons. The van der Waals surface area contributed by atoms with E-state index >= 15 is 0 Å². The van der Waals surface area contributed by atoms with E-state index in [2.05, 4.69) is 35.4 Å². The van der Waals surface area contributed by atoms with Crippen molar-refractivity contribution in [3.63, 3.8) is 0 Å². The highest BCUT2D eigenvalue weighted by molar-refractivity contribution is 8.00. The Hall–Kier alpha value is -2.60. The third-order valence-electron chi connectivity index (χ3n) is 4.71. The molecule has 28 heavy (non-hydrogen) atoms. The van der Waals surface area contributed by atoms with Gasteiger partial charge in [-0.1, -0.05) is 61.5 Å². The van der Waals surface area contributed by atoms with Crippen molar-refractivity contribution in [2.24, 2.45) is 0 Å². The molecule has 0 aliphatic carbocycles. The Bertz CT molecular complexity index is 937. The van der Waals surface area contributed by atoms with Crippen LogP contribution in [0.15, 0.2) is 58.2 Å². The maximum atomic E-state index is 12.7. The molecule has 2 unspecified atom stereocenters. The second-order valence-electron chi connectivity index (χ2n) is 6.89. The summed E-state index contributed by atoms with van der Waals surface area (Å²) < 4.78 is 5.72. The van der Waals surface area contributed by atoms with Gasteiger partial charge in [-0.15, -0.1) is 10.2 Å². The van der Waals surface area contributed by atoms with Crippen molar-refractivity contribution >= 4 is 23.4 Å². The highest BCUT2D eigenvalue weighted by atomic mass is 32.2. The fourth-order valence-corrected chi connectivity index (χ4v) is 3.45. The summed E-state index contributed by atoms with van der Waals surface area (Å²) in [5.74, 6) is 0.750. The summed E-state index contributed by atoms with van der Waals surface area (Å²) in [7, 11) is 0. The lowest BCUT2D eigenvalue weighted by atomic mass is 9.97. The minimum absolute atomic E-state index is 0.0872. The Morgan fingerprint density at radius 3 is 2.54 bits per heavy atom. The molecule has 1 heterocycles. The summed E-state index contributed by atoms with van der Waals surface area (Å²) >= 11 is 1.26. The highest BCUT2D eigenvalue weighted by Gasteiger charge is 2.20. The third kappa shape index (κ3) is 4.81. The molecule has 0 saturated heterocycles. The average molecular weight is 396 g/mol. The van der Waals surface area contributed by atoms with Crippen LogP contribution in [0, 0.1) is 6.92 Å². The molecule has 0 aliphatic rings. The monoisotopic (exact) mass is 395 g/mol. The molecule has 1 N–H and O–H groups in total. The van der Waals surface area contributed by atoms with Gasteiger partial charge in [-0.05, 0) is 49.9 Å². The van der Waals surface area contributed by atoms with Crippen LogP contribution in [0.4, 0.5) is 5.69 Å². The van der Waals surface area contributed by atoms with E-state index in [1.54, 1.807) is 0 Å². The van der Waals surface area contributed by atoms with E-state index in [1.165, 1.54) is 17.3 Å². The first-order valence-corrected chi connectivity index (χ1v) is 10.3. The van der Waals surface area contributed by atoms with Crippen LogP contribution in [0.1, 0.15) is 44.2 Å². The number of nitrogens with zero attached hydrogens (tertiary/aromatic N) is 2. The van der Waals surface area contributed by atoms with E-state index in [4.69, 9.17) is 4.42 Å². The summed E-state index contributed by atoms with van der Waals surface area (Å²) in [5, 5.41) is 11.2. The molecule has 0 spiro atoms. The van der Waals surface area contributed by atoms with Gasteiger partial charge < -0.3 is 9.73 Å². The number of carbonyl (C=O) groups excluding carboxylic acids is 1. The van der Waals surface area contributed by atoms with Gasteiger partial charge in [-0.2, -0.15) is 0 Å². The quantitative estimate of drug-likeness (QED) is 0.521. The van der Waals surface area contributed by atoms with Crippen LogP contribution in [-0.2, 0) is 4.79 Å². The number of aromatic nitrogens is 2. The molecule has 2 aromatic carbocycles. The van der Waals surface area contributed by atoms with Crippen LogP contribution in [0.25, 0.3) is 11.5 Å². The Kier molecular flexibility index (Phi) is 6.52. The molecule has 5 nitrogen and oxygen atoms in total. The van der Waals surface area contributed by atoms with Gasteiger partial charge >= 0.3 is 0 Å². The van der Waals surface area contributed by atoms with Gasteiger partial charge in [-0.3, -0.25) is 4.79 Å². The third-order valence-corrected chi connectivity index (χ3v) is 5.65. The number of nitrogens with one attached hydrogen (secondary N) is 1. The second-order valence-corrected chi connectivity index (χ2v) is 8.18. The number of thioether (sulfide) groups is 1. The fourth-order valence-electron chi connectivity index (χ4n) is 2.77. The van der Waals surface area contributed by atoms with Crippen LogP contribution in [0.3, 0.4) is 0 Å². The van der Waals surface area contributed by atoms with Crippen LogP contribution < -0.4 is 5.32 Å². The molecule has 0 aliphatic heterocycles. The zero-order chi connectivity index (χ0) is 20.1. The van der Waals surface area contributed by atoms with Gasteiger partial charge in [0.05, 0.1) is 5.25 Å². The molecule has 6 heteroatoms. The SMILES string of the molecule is CCC(C)c1ccccc1NC(=O)C(C)Sc1nnc(-c2ccc(C)cc2)o1. The highest BCUT2D eigenvalue weighted by Crippen LogP contribution is 2.29. The van der Waals surface area contributed by atoms with Gasteiger partial charge in [0, 0.05) is 11.3 Å². The number of benzene rings is 2. The van der Waals surface area contributed by atoms with E-state index < -0.39 is 0 Å². The van der Waals surface area contributed by atoms with Crippen molar-refractivity contribution in [2.45, 2.75) is 50.5 Å². The average Bonchev–Trinajstić information content (AvgIpc) is 3.16. The topological polar surface area (TPSA) is 68.0 Å². The number of aryl methyl sites for hydroxylation is 1. The van der Waals surface area contributed by atoms with Crippen molar-refractivity contribution in [2.75, 3.05) is 5.32 Å². The molecule has 1 amide bonds. The minimum Gasteiger partial charge on any atom is -0.411 e. The number of carbonyl (C=O) groups is 1. The number of rotatable bonds is 7. The van der Waals surface area contributed by atoms with Gasteiger partial charge in [-0.25, -0.2) is 0 Å². The first-order chi connectivity index (χ1) is 13.5. The standard InChI is InChI=1S/C22H25N3O2S/c1-5-15(3)18-8-6-7-9-19(18)23-20(26)16(4)28-22-25-24-21(27-22)17-12-10-14(2)11-13-17/h6-13,15-16H,5H2,1-4H3,(H,23,26). The van der Waals surface area contributed by atoms with Crippen molar-refractivity contribution < 1.29 is 9.21 Å². The number of amides is 1. The van der Waals surface area contributed by atoms with Gasteiger partial charge in [0.2, 0.25) is 11.8 Å². The number of hydrogen-bond donors (Lipinski definition) is 1. The van der Waals surface area contributed by atoms with Crippen LogP contribution >= 0.6 is 11.8 Å². The zero-order valence-electron chi connectivity index (χ0n) is 16.6. The maximum Gasteiger partial charge on any atom is 0.277 e. The van der Waals surface area contributed by atoms with E-state index in [9.17, 15) is 4.79 Å². The fraction of sp³-hybridized carbons (Fsp3) is 0.318. The summed E-state index contributed by atoms with van der Waals surface area (Å²) in [6, 6.07) is 15.8. The number of hydrogen-bond acceptors (Lipinski definition) is 5. The van der Waals surface area contributed by atoms with E-state index in [-0.39, 0.29) is 11.2 Å². The van der Waals surface area contributed by atoms with Crippen LogP contribution in [0.2, 0.25) is 0 Å². The van der Waals surface area contributed by atoms with Crippen molar-refractivity contribution in [3.8, 4) is 11.5 Å². The van der Waals surface area contributed by atoms with Gasteiger partial charge in [0.1, 0.15) is 0 Å². The Morgan fingerprint density at radius 1 is 1.11 bits per heavy atom. The molecular formula is C22H25N3O2S. The van der Waals surface area contributed by atoms with Crippen molar-refractivity contribution in [1.29, 1.82) is 0 Å². The minimum atomic E-state index is -0.365. The number of para-hydroxylation sites is 1. The summed E-state index contributed by atoms with van der Waals surface area (Å²) in [4.78, 5) is 12.7. The lowest BCUT2D eigenvalue weighted by Gasteiger charge is -2.17.